The SMILES string of the molecule is OCCCCCCC/C=C/c1ccc2c(c1)OCO2. The molecule has 0 radical (unpaired) electrons. The summed E-state index contributed by atoms with van der Waals surface area (Å²) in [6.45, 7) is 0.653. The first-order chi connectivity index (χ1) is 9.40. The van der Waals surface area contributed by atoms with Crippen LogP contribution in [-0.2, 0) is 0 Å². The number of hydrogen-bond donors (Lipinski definition) is 1. The Kier molecular flexibility index (Phi) is 5.76. The number of benzene rings is 1. The largest absolute Gasteiger partial charge is 0.454 e. The van der Waals surface area contributed by atoms with E-state index >= 15 is 0 Å². The van der Waals surface area contributed by atoms with Crippen molar-refractivity contribution < 1.29 is 14.6 Å². The van der Waals surface area contributed by atoms with Gasteiger partial charge in [0.15, 0.2) is 11.5 Å². The number of hydrogen-bond acceptors (Lipinski definition) is 3. The number of ether oxygens (including phenoxy) is 2. The molecule has 1 aliphatic rings. The van der Waals surface area contributed by atoms with Gasteiger partial charge >= 0.3 is 0 Å². The third-order valence-electron chi connectivity index (χ3n) is 3.24. The molecule has 104 valence electrons. The molecule has 0 aliphatic carbocycles. The van der Waals surface area contributed by atoms with Gasteiger partial charge in [-0.3, -0.25) is 0 Å². The molecule has 3 heteroatoms. The molecule has 1 aliphatic heterocycles. The van der Waals surface area contributed by atoms with Crippen LogP contribution in [0.3, 0.4) is 0 Å². The van der Waals surface area contributed by atoms with Crippen LogP contribution < -0.4 is 9.47 Å². The summed E-state index contributed by atoms with van der Waals surface area (Å²) >= 11 is 0. The van der Waals surface area contributed by atoms with Crippen LogP contribution in [-0.4, -0.2) is 18.5 Å². The van der Waals surface area contributed by atoms with Crippen LogP contribution in [0.2, 0.25) is 0 Å². The van der Waals surface area contributed by atoms with E-state index in [2.05, 4.69) is 12.2 Å². The molecule has 3 nitrogen and oxygen atoms in total. The van der Waals surface area contributed by atoms with Crippen LogP contribution in [0.25, 0.3) is 6.08 Å². The third-order valence-corrected chi connectivity index (χ3v) is 3.24. The van der Waals surface area contributed by atoms with E-state index in [-0.39, 0.29) is 0 Å². The third kappa shape index (κ3) is 4.60. The van der Waals surface area contributed by atoms with Crippen LogP contribution in [0.4, 0.5) is 0 Å². The van der Waals surface area contributed by atoms with Crippen LogP contribution in [0.1, 0.15) is 44.1 Å². The number of unbranched alkanes of at least 4 members (excludes halogenated alkanes) is 5. The summed E-state index contributed by atoms with van der Waals surface area (Å²) < 4.78 is 10.6. The fourth-order valence-corrected chi connectivity index (χ4v) is 2.14. The molecule has 1 aromatic rings. The number of aliphatic hydroxyl groups is 1. The Hall–Kier alpha value is -1.48. The van der Waals surface area contributed by atoms with Gasteiger partial charge in [0.05, 0.1) is 0 Å². The fraction of sp³-hybridized carbons (Fsp3) is 0.500. The molecule has 1 N–H and O–H groups in total. The van der Waals surface area contributed by atoms with Crippen molar-refractivity contribution in [2.24, 2.45) is 0 Å². The van der Waals surface area contributed by atoms with Crippen LogP contribution in [0, 0.1) is 0 Å². The van der Waals surface area contributed by atoms with Gasteiger partial charge in [-0.2, -0.15) is 0 Å². The Bertz CT molecular complexity index is 412. The van der Waals surface area contributed by atoms with Crippen molar-refractivity contribution in [2.75, 3.05) is 13.4 Å². The van der Waals surface area contributed by atoms with Crippen molar-refractivity contribution in [2.45, 2.75) is 38.5 Å². The molecule has 0 aromatic heterocycles. The van der Waals surface area contributed by atoms with Gasteiger partial charge in [0.2, 0.25) is 6.79 Å². The number of fused-ring (bicyclic) bond motifs is 1. The highest BCUT2D eigenvalue weighted by Gasteiger charge is 2.11. The first-order valence-corrected chi connectivity index (χ1v) is 7.07. The lowest BCUT2D eigenvalue weighted by Gasteiger charge is -1.99. The molecule has 0 bridgehead atoms. The van der Waals surface area contributed by atoms with Gasteiger partial charge in [-0.15, -0.1) is 0 Å². The van der Waals surface area contributed by atoms with Crippen molar-refractivity contribution in [1.82, 2.24) is 0 Å². The zero-order chi connectivity index (χ0) is 13.3. The molecule has 0 saturated heterocycles. The van der Waals surface area contributed by atoms with E-state index in [4.69, 9.17) is 14.6 Å². The van der Waals surface area contributed by atoms with Crippen LogP contribution in [0.15, 0.2) is 24.3 Å². The monoisotopic (exact) mass is 262 g/mol. The van der Waals surface area contributed by atoms with Gasteiger partial charge in [0.1, 0.15) is 0 Å². The van der Waals surface area contributed by atoms with Gasteiger partial charge in [0, 0.05) is 6.61 Å². The summed E-state index contributed by atoms with van der Waals surface area (Å²) in [5.41, 5.74) is 1.16. The van der Waals surface area contributed by atoms with Crippen molar-refractivity contribution in [3.63, 3.8) is 0 Å². The predicted molar refractivity (Wildman–Crippen MR) is 76.4 cm³/mol. The molecule has 0 atom stereocenters. The first kappa shape index (κ1) is 13.9. The second kappa shape index (κ2) is 7.85. The smallest absolute Gasteiger partial charge is 0.231 e. The van der Waals surface area contributed by atoms with E-state index in [1.165, 1.54) is 19.3 Å². The predicted octanol–water partition coefficient (Wildman–Crippen LogP) is 3.76. The Balaban J connectivity index is 1.65. The van der Waals surface area contributed by atoms with Crippen molar-refractivity contribution in [3.05, 3.63) is 29.8 Å². The molecule has 1 aromatic carbocycles. The lowest BCUT2D eigenvalue weighted by Crippen LogP contribution is -1.92. The van der Waals surface area contributed by atoms with E-state index in [0.29, 0.717) is 13.4 Å². The van der Waals surface area contributed by atoms with E-state index in [0.717, 1.165) is 36.3 Å². The zero-order valence-electron chi connectivity index (χ0n) is 11.3. The minimum absolute atomic E-state index is 0.323. The van der Waals surface area contributed by atoms with Gasteiger partial charge in [-0.25, -0.2) is 0 Å². The average molecular weight is 262 g/mol. The summed E-state index contributed by atoms with van der Waals surface area (Å²) in [5.74, 6) is 1.67. The van der Waals surface area contributed by atoms with Crippen molar-refractivity contribution in [3.8, 4) is 11.5 Å². The summed E-state index contributed by atoms with van der Waals surface area (Å²) in [6.07, 6.45) is 11.2. The molecule has 2 rings (SSSR count). The Morgan fingerprint density at radius 2 is 1.79 bits per heavy atom. The van der Waals surface area contributed by atoms with E-state index in [1.807, 2.05) is 18.2 Å². The Morgan fingerprint density at radius 1 is 1.00 bits per heavy atom. The van der Waals surface area contributed by atoms with Crippen molar-refractivity contribution in [1.29, 1.82) is 0 Å². The van der Waals surface area contributed by atoms with Gasteiger partial charge in [0.25, 0.3) is 0 Å². The van der Waals surface area contributed by atoms with Gasteiger partial charge in [-0.1, -0.05) is 37.5 Å². The van der Waals surface area contributed by atoms with Gasteiger partial charge < -0.3 is 14.6 Å². The number of aliphatic hydroxyl groups excluding tert-OH is 1. The van der Waals surface area contributed by atoms with Gasteiger partial charge in [-0.05, 0) is 37.0 Å². The standard InChI is InChI=1S/C16H22O3/c17-11-7-5-3-1-2-4-6-8-14-9-10-15-16(12-14)19-13-18-15/h6,8-10,12,17H,1-5,7,11,13H2/b8-6+. The van der Waals surface area contributed by atoms with Crippen molar-refractivity contribution >= 4 is 6.08 Å². The minimum atomic E-state index is 0.323. The maximum atomic E-state index is 8.67. The van der Waals surface area contributed by atoms with Crippen LogP contribution >= 0.6 is 0 Å². The fourth-order valence-electron chi connectivity index (χ4n) is 2.14. The number of rotatable bonds is 8. The molecular weight excluding hydrogens is 240 g/mol. The lowest BCUT2D eigenvalue weighted by molar-refractivity contribution is 0.174. The highest BCUT2D eigenvalue weighted by molar-refractivity contribution is 5.56. The maximum absolute atomic E-state index is 8.67. The molecule has 0 unspecified atom stereocenters. The summed E-state index contributed by atoms with van der Waals surface area (Å²) in [4.78, 5) is 0. The van der Waals surface area contributed by atoms with Crippen LogP contribution in [0.5, 0.6) is 11.5 Å². The van der Waals surface area contributed by atoms with E-state index < -0.39 is 0 Å². The van der Waals surface area contributed by atoms with E-state index in [9.17, 15) is 0 Å². The number of allylic oxidation sites excluding steroid dienone is 1. The maximum Gasteiger partial charge on any atom is 0.231 e. The average Bonchev–Trinajstić information content (AvgIpc) is 2.89. The van der Waals surface area contributed by atoms with E-state index in [1.54, 1.807) is 0 Å². The Morgan fingerprint density at radius 3 is 2.68 bits per heavy atom. The molecular formula is C16H22O3. The summed E-state index contributed by atoms with van der Waals surface area (Å²) in [7, 11) is 0. The molecule has 0 saturated carbocycles. The molecule has 0 fully saturated rings. The topological polar surface area (TPSA) is 38.7 Å². The second-order valence-corrected chi connectivity index (χ2v) is 4.80. The summed E-state index contributed by atoms with van der Waals surface area (Å²) in [5, 5.41) is 8.67. The first-order valence-electron chi connectivity index (χ1n) is 7.07. The second-order valence-electron chi connectivity index (χ2n) is 4.80. The molecule has 0 amide bonds. The molecule has 1 heterocycles. The summed E-state index contributed by atoms with van der Waals surface area (Å²) in [6, 6.07) is 6.02. The quantitative estimate of drug-likeness (QED) is 0.725. The minimum Gasteiger partial charge on any atom is -0.454 e. The zero-order valence-corrected chi connectivity index (χ0v) is 11.3. The highest BCUT2D eigenvalue weighted by atomic mass is 16.7. The molecule has 19 heavy (non-hydrogen) atoms. The molecule has 0 spiro atoms. The normalized spacial score (nSPS) is 13.3. The lowest BCUT2D eigenvalue weighted by atomic mass is 10.1. The Labute approximate surface area is 114 Å². The highest BCUT2D eigenvalue weighted by Crippen LogP contribution is 2.32.